The van der Waals surface area contributed by atoms with E-state index in [0.29, 0.717) is 28.4 Å². The predicted molar refractivity (Wildman–Crippen MR) is 141 cm³/mol. The Kier molecular flexibility index (Phi) is 5.34. The van der Waals surface area contributed by atoms with Crippen LogP contribution in [0.1, 0.15) is 34.3 Å². The molecule has 0 spiro atoms. The van der Waals surface area contributed by atoms with Gasteiger partial charge in [0.1, 0.15) is 23.4 Å². The van der Waals surface area contributed by atoms with Gasteiger partial charge in [0.25, 0.3) is 11.4 Å². The quantitative estimate of drug-likeness (QED) is 0.268. The third-order valence-electron chi connectivity index (χ3n) is 6.63. The molecule has 1 fully saturated rings. The number of fused-ring (bicyclic) bond motifs is 1. The zero-order valence-electron chi connectivity index (χ0n) is 20.0. The van der Waals surface area contributed by atoms with Crippen molar-refractivity contribution in [2.24, 2.45) is 0 Å². The fourth-order valence-corrected chi connectivity index (χ4v) is 4.36. The minimum absolute atomic E-state index is 0.224. The number of aromatic amines is 1. The molecular weight excluding hydrogens is 464 g/mol. The van der Waals surface area contributed by atoms with Crippen molar-refractivity contribution in [1.82, 2.24) is 24.9 Å². The normalized spacial score (nSPS) is 13.6. The number of aryl methyl sites for hydroxylation is 1. The predicted octanol–water partition coefficient (Wildman–Crippen LogP) is 5.63. The molecule has 3 heterocycles. The molecule has 0 atom stereocenters. The standard InChI is InChI=1S/C28H22N8O/c1-17-8-9-20(35-27(37)18-5-3-6-19(13-18)28(29-2)10-11-28)14-22(17)36-25-21(7-4-12-30-25)23-24-26(33-15-31-23)34-16-32-24/h3-9,12-16H,10-11H2,1H3,(H,30,36)(H,35,37)(H,31,32,33,34). The van der Waals surface area contributed by atoms with E-state index in [1.165, 1.54) is 6.33 Å². The summed E-state index contributed by atoms with van der Waals surface area (Å²) in [5.74, 6) is 0.392. The molecule has 1 amide bonds. The number of rotatable bonds is 6. The Morgan fingerprint density at radius 2 is 1.95 bits per heavy atom. The summed E-state index contributed by atoms with van der Waals surface area (Å²) in [6.45, 7) is 9.48. The number of anilines is 3. The lowest BCUT2D eigenvalue weighted by Crippen LogP contribution is -2.13. The molecule has 0 aliphatic heterocycles. The van der Waals surface area contributed by atoms with Crippen LogP contribution in [-0.4, -0.2) is 30.8 Å². The average molecular weight is 487 g/mol. The van der Waals surface area contributed by atoms with Gasteiger partial charge in [-0.25, -0.2) is 26.5 Å². The van der Waals surface area contributed by atoms with Crippen molar-refractivity contribution in [2.45, 2.75) is 25.3 Å². The number of carbonyl (C=O) groups excluding carboxylic acids is 1. The largest absolute Gasteiger partial charge is 0.341 e. The Morgan fingerprint density at radius 3 is 2.78 bits per heavy atom. The van der Waals surface area contributed by atoms with Gasteiger partial charge in [0.15, 0.2) is 5.65 Å². The zero-order valence-corrected chi connectivity index (χ0v) is 20.0. The van der Waals surface area contributed by atoms with Crippen LogP contribution in [0.25, 0.3) is 27.3 Å². The van der Waals surface area contributed by atoms with E-state index in [2.05, 4.69) is 40.4 Å². The van der Waals surface area contributed by atoms with Crippen molar-refractivity contribution < 1.29 is 4.79 Å². The van der Waals surface area contributed by atoms with Crippen molar-refractivity contribution in [3.8, 4) is 11.3 Å². The number of imidazole rings is 1. The number of hydrogen-bond acceptors (Lipinski definition) is 6. The molecule has 9 heteroatoms. The monoisotopic (exact) mass is 486 g/mol. The van der Waals surface area contributed by atoms with Gasteiger partial charge in [-0.15, -0.1) is 0 Å². The van der Waals surface area contributed by atoms with Crippen molar-refractivity contribution >= 4 is 34.3 Å². The van der Waals surface area contributed by atoms with E-state index in [1.54, 1.807) is 18.6 Å². The molecule has 5 aromatic rings. The highest BCUT2D eigenvalue weighted by Crippen LogP contribution is 2.49. The first-order valence-corrected chi connectivity index (χ1v) is 11.8. The van der Waals surface area contributed by atoms with Crippen LogP contribution in [0.2, 0.25) is 0 Å². The number of nitrogens with one attached hydrogen (secondary N) is 3. The Balaban J connectivity index is 1.28. The van der Waals surface area contributed by atoms with Gasteiger partial charge >= 0.3 is 0 Å². The average Bonchev–Trinajstić information content (AvgIpc) is 3.59. The molecular formula is C28H22N8O. The Morgan fingerprint density at radius 1 is 1.05 bits per heavy atom. The molecule has 0 bridgehead atoms. The van der Waals surface area contributed by atoms with Gasteiger partial charge in [-0.1, -0.05) is 18.2 Å². The van der Waals surface area contributed by atoms with Crippen LogP contribution in [0.4, 0.5) is 17.2 Å². The summed E-state index contributed by atoms with van der Waals surface area (Å²) in [7, 11) is 0. The van der Waals surface area contributed by atoms with Crippen LogP contribution in [0.3, 0.4) is 0 Å². The number of amides is 1. The second kappa shape index (κ2) is 8.84. The topological polar surface area (TPSA) is 113 Å². The molecule has 1 aliphatic rings. The molecule has 1 saturated carbocycles. The number of aromatic nitrogens is 5. The molecule has 0 saturated heterocycles. The van der Waals surface area contributed by atoms with Gasteiger partial charge in [-0.3, -0.25) is 4.79 Å². The number of benzene rings is 2. The lowest BCUT2D eigenvalue weighted by Gasteiger charge is -2.15. The molecule has 0 unspecified atom stereocenters. The first kappa shape index (κ1) is 22.4. The van der Waals surface area contributed by atoms with Gasteiger partial charge < -0.3 is 20.5 Å². The molecule has 37 heavy (non-hydrogen) atoms. The van der Waals surface area contributed by atoms with Gasteiger partial charge in [-0.05, 0) is 48.9 Å². The smallest absolute Gasteiger partial charge is 0.258 e. The zero-order chi connectivity index (χ0) is 25.4. The number of hydrogen-bond donors (Lipinski definition) is 3. The van der Waals surface area contributed by atoms with Crippen LogP contribution < -0.4 is 10.6 Å². The number of nitrogens with zero attached hydrogens (tertiary/aromatic N) is 5. The van der Waals surface area contributed by atoms with Crippen molar-refractivity contribution in [2.75, 3.05) is 10.6 Å². The lowest BCUT2D eigenvalue weighted by atomic mass is 10.0. The molecule has 2 aromatic carbocycles. The Labute approximate surface area is 212 Å². The van der Waals surface area contributed by atoms with Crippen molar-refractivity contribution in [3.63, 3.8) is 0 Å². The Hall–Kier alpha value is -5.10. The SMILES string of the molecule is [C-]#[N+]C1(c2cccc(C(=O)Nc3ccc(C)c(Nc4ncccc4-c4ncnc5nc[nH]c45)c3)c2)CC1. The van der Waals surface area contributed by atoms with Crippen LogP contribution in [-0.2, 0) is 5.54 Å². The highest BCUT2D eigenvalue weighted by Gasteiger charge is 2.52. The first-order chi connectivity index (χ1) is 18.1. The minimum atomic E-state index is -0.455. The van der Waals surface area contributed by atoms with Gasteiger partial charge in [0.05, 0.1) is 6.33 Å². The first-order valence-electron chi connectivity index (χ1n) is 11.8. The summed E-state index contributed by atoms with van der Waals surface area (Å²) in [5, 5.41) is 6.39. The molecule has 6 rings (SSSR count). The van der Waals surface area contributed by atoms with Crippen LogP contribution in [0, 0.1) is 13.5 Å². The van der Waals surface area contributed by atoms with E-state index in [-0.39, 0.29) is 5.91 Å². The maximum Gasteiger partial charge on any atom is 0.258 e. The number of pyridine rings is 1. The summed E-state index contributed by atoms with van der Waals surface area (Å²) in [6.07, 6.45) is 6.45. The van der Waals surface area contributed by atoms with Gasteiger partial charge in [0, 0.05) is 47.1 Å². The van der Waals surface area contributed by atoms with E-state index in [9.17, 15) is 4.79 Å². The maximum absolute atomic E-state index is 13.0. The van der Waals surface area contributed by atoms with E-state index in [0.717, 1.165) is 40.7 Å². The second-order valence-corrected chi connectivity index (χ2v) is 9.06. The highest BCUT2D eigenvalue weighted by atomic mass is 16.1. The lowest BCUT2D eigenvalue weighted by molar-refractivity contribution is 0.102. The fourth-order valence-electron chi connectivity index (χ4n) is 4.36. The molecule has 1 aliphatic carbocycles. The molecule has 0 radical (unpaired) electrons. The van der Waals surface area contributed by atoms with Gasteiger partial charge in [0.2, 0.25) is 0 Å². The fraction of sp³-hybridized carbons (Fsp3) is 0.143. The second-order valence-electron chi connectivity index (χ2n) is 9.06. The van der Waals surface area contributed by atoms with Crippen LogP contribution in [0.5, 0.6) is 0 Å². The summed E-state index contributed by atoms with van der Waals surface area (Å²) in [4.78, 5) is 37.4. The highest BCUT2D eigenvalue weighted by molar-refractivity contribution is 6.04. The third kappa shape index (κ3) is 4.15. The number of H-pyrrole nitrogens is 1. The summed E-state index contributed by atoms with van der Waals surface area (Å²) >= 11 is 0. The number of carbonyl (C=O) groups is 1. The third-order valence-corrected chi connectivity index (χ3v) is 6.63. The summed E-state index contributed by atoms with van der Waals surface area (Å²) in [5.41, 5.74) is 6.19. The maximum atomic E-state index is 13.0. The molecule has 3 aromatic heterocycles. The van der Waals surface area contributed by atoms with Crippen LogP contribution >= 0.6 is 0 Å². The van der Waals surface area contributed by atoms with Crippen molar-refractivity contribution in [3.05, 3.63) is 102 Å². The molecule has 3 N–H and O–H groups in total. The van der Waals surface area contributed by atoms with Crippen LogP contribution in [0.15, 0.2) is 73.4 Å². The Bertz CT molecular complexity index is 1700. The van der Waals surface area contributed by atoms with E-state index >= 15 is 0 Å². The van der Waals surface area contributed by atoms with E-state index < -0.39 is 5.54 Å². The summed E-state index contributed by atoms with van der Waals surface area (Å²) in [6, 6.07) is 16.8. The van der Waals surface area contributed by atoms with Gasteiger partial charge in [-0.2, -0.15) is 0 Å². The van der Waals surface area contributed by atoms with Crippen molar-refractivity contribution in [1.29, 1.82) is 0 Å². The van der Waals surface area contributed by atoms with E-state index in [4.69, 9.17) is 6.57 Å². The molecule has 9 nitrogen and oxygen atoms in total. The van der Waals surface area contributed by atoms with E-state index in [1.807, 2.05) is 55.5 Å². The minimum Gasteiger partial charge on any atom is -0.341 e. The molecule has 180 valence electrons. The summed E-state index contributed by atoms with van der Waals surface area (Å²) < 4.78 is 0.